The number of benzene rings is 1. The van der Waals surface area contributed by atoms with Crippen LogP contribution in [0.5, 0.6) is 0 Å². The lowest BCUT2D eigenvalue weighted by molar-refractivity contribution is -0.385. The summed E-state index contributed by atoms with van der Waals surface area (Å²) in [5, 5.41) is 19.5. The molecule has 118 valence electrons. The van der Waals surface area contributed by atoms with Gasteiger partial charge in [0, 0.05) is 25.3 Å². The van der Waals surface area contributed by atoms with Crippen LogP contribution in [0.4, 0.5) is 5.69 Å². The van der Waals surface area contributed by atoms with Crippen LogP contribution in [0.3, 0.4) is 0 Å². The molecule has 0 aromatic heterocycles. The fourth-order valence-electron chi connectivity index (χ4n) is 1.87. The van der Waals surface area contributed by atoms with Crippen molar-refractivity contribution in [2.75, 3.05) is 13.2 Å². The van der Waals surface area contributed by atoms with Crippen LogP contribution in [-0.4, -0.2) is 31.6 Å². The largest absolute Gasteiger partial charge is 0.396 e. The maximum Gasteiger partial charge on any atom is 0.269 e. The van der Waals surface area contributed by atoms with Crippen molar-refractivity contribution in [3.05, 3.63) is 33.9 Å². The molecule has 21 heavy (non-hydrogen) atoms. The van der Waals surface area contributed by atoms with Gasteiger partial charge in [-0.2, -0.15) is 0 Å². The SMILES string of the molecule is Cc1cc([N+](=O)[O-])ccc1S(=O)(=O)NCCCC(C)CO. The highest BCUT2D eigenvalue weighted by Gasteiger charge is 2.18. The zero-order valence-corrected chi connectivity index (χ0v) is 12.9. The summed E-state index contributed by atoms with van der Waals surface area (Å²) in [6.45, 7) is 3.75. The van der Waals surface area contributed by atoms with Gasteiger partial charge in [-0.25, -0.2) is 13.1 Å². The van der Waals surface area contributed by atoms with Gasteiger partial charge in [0.1, 0.15) is 0 Å². The van der Waals surface area contributed by atoms with E-state index in [1.54, 1.807) is 0 Å². The van der Waals surface area contributed by atoms with Gasteiger partial charge in [-0.3, -0.25) is 10.1 Å². The van der Waals surface area contributed by atoms with Gasteiger partial charge in [0.15, 0.2) is 0 Å². The van der Waals surface area contributed by atoms with Gasteiger partial charge in [-0.15, -0.1) is 0 Å². The van der Waals surface area contributed by atoms with Crippen LogP contribution in [0.15, 0.2) is 23.1 Å². The summed E-state index contributed by atoms with van der Waals surface area (Å²) in [5.74, 6) is 0.135. The first-order valence-corrected chi connectivity index (χ1v) is 8.12. The quantitative estimate of drug-likeness (QED) is 0.430. The molecule has 1 aromatic rings. The minimum atomic E-state index is -3.67. The number of sulfonamides is 1. The molecule has 1 rings (SSSR count). The van der Waals surface area contributed by atoms with E-state index in [9.17, 15) is 18.5 Å². The van der Waals surface area contributed by atoms with Crippen LogP contribution < -0.4 is 4.72 Å². The van der Waals surface area contributed by atoms with Crippen molar-refractivity contribution in [2.24, 2.45) is 5.92 Å². The topological polar surface area (TPSA) is 110 Å². The van der Waals surface area contributed by atoms with Crippen LogP contribution in [0, 0.1) is 23.0 Å². The number of rotatable bonds is 8. The molecule has 1 unspecified atom stereocenters. The third kappa shape index (κ3) is 5.07. The van der Waals surface area contributed by atoms with Gasteiger partial charge in [0.2, 0.25) is 10.0 Å². The number of non-ortho nitro benzene ring substituents is 1. The second-order valence-electron chi connectivity index (χ2n) is 5.03. The molecule has 0 spiro atoms. The average Bonchev–Trinajstić information content (AvgIpc) is 2.42. The summed E-state index contributed by atoms with van der Waals surface area (Å²) in [7, 11) is -3.67. The number of nitrogens with zero attached hydrogens (tertiary/aromatic N) is 1. The predicted molar refractivity (Wildman–Crippen MR) is 78.5 cm³/mol. The van der Waals surface area contributed by atoms with E-state index >= 15 is 0 Å². The molecule has 7 nitrogen and oxygen atoms in total. The van der Waals surface area contributed by atoms with E-state index < -0.39 is 14.9 Å². The number of nitro groups is 1. The van der Waals surface area contributed by atoms with Crippen LogP contribution in [-0.2, 0) is 10.0 Å². The maximum absolute atomic E-state index is 12.1. The minimum absolute atomic E-state index is 0.0447. The molecule has 0 radical (unpaired) electrons. The molecule has 1 aromatic carbocycles. The highest BCUT2D eigenvalue weighted by molar-refractivity contribution is 7.89. The molecule has 0 fully saturated rings. The number of aliphatic hydroxyl groups is 1. The number of nitrogens with one attached hydrogen (secondary N) is 1. The van der Waals surface area contributed by atoms with E-state index in [-0.39, 0.29) is 29.7 Å². The lowest BCUT2D eigenvalue weighted by Gasteiger charge is -2.10. The van der Waals surface area contributed by atoms with Gasteiger partial charge >= 0.3 is 0 Å². The molecule has 8 heteroatoms. The molecule has 2 N–H and O–H groups in total. The van der Waals surface area contributed by atoms with E-state index in [1.165, 1.54) is 25.1 Å². The molecule has 0 amide bonds. The van der Waals surface area contributed by atoms with Crippen molar-refractivity contribution in [1.82, 2.24) is 4.72 Å². The Bertz CT molecular complexity index is 601. The first kappa shape index (κ1) is 17.5. The summed E-state index contributed by atoms with van der Waals surface area (Å²) in [4.78, 5) is 10.1. The van der Waals surface area contributed by atoms with Crippen molar-refractivity contribution in [1.29, 1.82) is 0 Å². The Labute approximate surface area is 124 Å². The molecular weight excluding hydrogens is 296 g/mol. The Morgan fingerprint density at radius 3 is 2.62 bits per heavy atom. The zero-order valence-electron chi connectivity index (χ0n) is 12.1. The summed E-state index contributed by atoms with van der Waals surface area (Å²) >= 11 is 0. The first-order chi connectivity index (χ1) is 9.77. The molecule has 0 saturated heterocycles. The second kappa shape index (κ2) is 7.48. The number of nitro benzene ring substituents is 1. The van der Waals surface area contributed by atoms with Crippen LogP contribution in [0.1, 0.15) is 25.3 Å². The van der Waals surface area contributed by atoms with Crippen molar-refractivity contribution in [3.63, 3.8) is 0 Å². The Hall–Kier alpha value is -1.51. The summed E-state index contributed by atoms with van der Waals surface area (Å²) in [5.41, 5.74) is 0.198. The van der Waals surface area contributed by atoms with Crippen LogP contribution >= 0.6 is 0 Å². The van der Waals surface area contributed by atoms with Crippen LogP contribution in [0.2, 0.25) is 0 Å². The van der Waals surface area contributed by atoms with Crippen molar-refractivity contribution < 1.29 is 18.4 Å². The summed E-state index contributed by atoms with van der Waals surface area (Å²) in [6.07, 6.45) is 1.34. The minimum Gasteiger partial charge on any atom is -0.396 e. The number of hydrogen-bond donors (Lipinski definition) is 2. The summed E-state index contributed by atoms with van der Waals surface area (Å²) < 4.78 is 26.7. The molecule has 0 aliphatic carbocycles. The van der Waals surface area contributed by atoms with E-state index in [1.807, 2.05) is 6.92 Å². The van der Waals surface area contributed by atoms with E-state index in [4.69, 9.17) is 5.11 Å². The lowest BCUT2D eigenvalue weighted by atomic mass is 10.1. The van der Waals surface area contributed by atoms with E-state index in [2.05, 4.69) is 4.72 Å². The average molecular weight is 316 g/mol. The molecule has 0 saturated carbocycles. The first-order valence-electron chi connectivity index (χ1n) is 6.63. The fourth-order valence-corrected chi connectivity index (χ4v) is 3.17. The standard InChI is InChI=1S/C13H20N2O5S/c1-10(9-16)4-3-7-14-21(19,20)13-6-5-12(15(17)18)8-11(13)2/h5-6,8,10,14,16H,3-4,7,9H2,1-2H3. The molecule has 1 atom stereocenters. The second-order valence-corrected chi connectivity index (χ2v) is 6.77. The normalized spacial score (nSPS) is 13.1. The van der Waals surface area contributed by atoms with Gasteiger partial charge in [0.25, 0.3) is 5.69 Å². The highest BCUT2D eigenvalue weighted by atomic mass is 32.2. The third-order valence-electron chi connectivity index (χ3n) is 3.14. The van der Waals surface area contributed by atoms with Gasteiger partial charge in [0.05, 0.1) is 9.82 Å². The Morgan fingerprint density at radius 1 is 1.43 bits per heavy atom. The Morgan fingerprint density at radius 2 is 2.10 bits per heavy atom. The number of hydrogen-bond acceptors (Lipinski definition) is 5. The monoisotopic (exact) mass is 316 g/mol. The summed E-state index contributed by atoms with van der Waals surface area (Å²) in [6, 6.07) is 3.66. The van der Waals surface area contributed by atoms with Crippen LogP contribution in [0.25, 0.3) is 0 Å². The molecular formula is C13H20N2O5S. The maximum atomic E-state index is 12.1. The van der Waals surface area contributed by atoms with Crippen molar-refractivity contribution >= 4 is 15.7 Å². The molecule has 0 heterocycles. The third-order valence-corrected chi connectivity index (χ3v) is 4.76. The number of aliphatic hydroxyl groups excluding tert-OH is 1. The molecule has 0 bridgehead atoms. The van der Waals surface area contributed by atoms with Gasteiger partial charge in [-0.1, -0.05) is 6.92 Å². The van der Waals surface area contributed by atoms with E-state index in [0.717, 1.165) is 6.42 Å². The predicted octanol–water partition coefficient (Wildman–Crippen LogP) is 1.59. The molecule has 0 aliphatic rings. The van der Waals surface area contributed by atoms with Gasteiger partial charge < -0.3 is 5.11 Å². The van der Waals surface area contributed by atoms with Crippen molar-refractivity contribution in [2.45, 2.75) is 31.6 Å². The fraction of sp³-hybridized carbons (Fsp3) is 0.538. The smallest absolute Gasteiger partial charge is 0.269 e. The lowest BCUT2D eigenvalue weighted by Crippen LogP contribution is -2.26. The molecule has 0 aliphatic heterocycles. The highest BCUT2D eigenvalue weighted by Crippen LogP contribution is 2.20. The Kier molecular flexibility index (Phi) is 6.25. The number of aryl methyl sites for hydroxylation is 1. The van der Waals surface area contributed by atoms with Gasteiger partial charge in [-0.05, 0) is 37.3 Å². The van der Waals surface area contributed by atoms with E-state index in [0.29, 0.717) is 12.0 Å². The van der Waals surface area contributed by atoms with Crippen molar-refractivity contribution in [3.8, 4) is 0 Å². The zero-order chi connectivity index (χ0) is 16.0. The Balaban J connectivity index is 2.72.